The van der Waals surface area contributed by atoms with Gasteiger partial charge in [0.05, 0.1) is 29.3 Å². The molecular formula is C27H25FN10O2. The molecule has 2 aliphatic heterocycles. The number of rotatable bonds is 5. The second kappa shape index (κ2) is 9.07. The predicted molar refractivity (Wildman–Crippen MR) is 141 cm³/mol. The third-order valence-corrected chi connectivity index (χ3v) is 8.02. The quantitative estimate of drug-likeness (QED) is 0.322. The molecule has 5 aromatic rings. The first-order chi connectivity index (χ1) is 19.4. The number of Topliss-reactive ketones (excluding diaryl/α,β-unsaturated/α-hetero) is 1. The minimum atomic E-state index is -0.325. The average Bonchev–Trinajstić information content (AvgIpc) is 3.74. The highest BCUT2D eigenvalue weighted by Gasteiger charge is 2.45. The van der Waals surface area contributed by atoms with Gasteiger partial charge in [-0.05, 0) is 56.9 Å². The van der Waals surface area contributed by atoms with Gasteiger partial charge in [-0.25, -0.2) is 19.0 Å². The van der Waals surface area contributed by atoms with E-state index in [1.165, 1.54) is 29.9 Å². The Morgan fingerprint density at radius 2 is 1.82 bits per heavy atom. The van der Waals surface area contributed by atoms with Gasteiger partial charge in [0.2, 0.25) is 5.82 Å². The molecule has 2 bridgehead atoms. The van der Waals surface area contributed by atoms with Crippen LogP contribution in [0.15, 0.2) is 49.2 Å². The third-order valence-electron chi connectivity index (χ3n) is 8.02. The van der Waals surface area contributed by atoms with E-state index in [2.05, 4.69) is 25.4 Å². The first-order valence-electron chi connectivity index (χ1n) is 13.1. The van der Waals surface area contributed by atoms with Crippen molar-refractivity contribution in [3.8, 4) is 16.8 Å². The molecule has 0 saturated carbocycles. The van der Waals surface area contributed by atoms with Crippen LogP contribution in [0, 0.1) is 5.82 Å². The SMILES string of the molecule is CC(=O)c1c(C2CC3CC[C@@H](C2)N3C(=O)c2ncn[nH]2)nc2c(-c3cnn(-c4ccc(F)cc4)c3)cnn2c1N. The number of nitrogens with two attached hydrogens (primary N) is 1. The van der Waals surface area contributed by atoms with Crippen molar-refractivity contribution < 1.29 is 14.0 Å². The number of carbonyl (C=O) groups excluding carboxylic acids is 2. The van der Waals surface area contributed by atoms with E-state index in [9.17, 15) is 14.0 Å². The Morgan fingerprint density at radius 1 is 1.07 bits per heavy atom. The summed E-state index contributed by atoms with van der Waals surface area (Å²) in [7, 11) is 0. The summed E-state index contributed by atoms with van der Waals surface area (Å²) in [5.74, 6) is -0.267. The molecule has 0 radical (unpaired) electrons. The number of piperidine rings is 1. The number of nitrogens with one attached hydrogen (secondary N) is 1. The van der Waals surface area contributed by atoms with Gasteiger partial charge >= 0.3 is 0 Å². The lowest BCUT2D eigenvalue weighted by Gasteiger charge is -2.38. The summed E-state index contributed by atoms with van der Waals surface area (Å²) in [5, 5.41) is 15.4. The van der Waals surface area contributed by atoms with Crippen LogP contribution in [0.5, 0.6) is 0 Å². The Balaban J connectivity index is 1.27. The maximum Gasteiger partial charge on any atom is 0.291 e. The largest absolute Gasteiger partial charge is 0.383 e. The summed E-state index contributed by atoms with van der Waals surface area (Å²) >= 11 is 0. The molecule has 2 saturated heterocycles. The number of amides is 1. The van der Waals surface area contributed by atoms with Crippen molar-refractivity contribution in [3.63, 3.8) is 0 Å². The number of benzene rings is 1. The Bertz CT molecular complexity index is 1740. The number of aromatic amines is 1. The number of fused-ring (bicyclic) bond motifs is 3. The summed E-state index contributed by atoms with van der Waals surface area (Å²) in [4.78, 5) is 36.9. The van der Waals surface area contributed by atoms with E-state index < -0.39 is 0 Å². The van der Waals surface area contributed by atoms with Crippen molar-refractivity contribution in [1.82, 2.24) is 44.5 Å². The van der Waals surface area contributed by atoms with Gasteiger partial charge in [-0.15, -0.1) is 0 Å². The van der Waals surface area contributed by atoms with E-state index in [1.54, 1.807) is 29.2 Å². The first-order valence-corrected chi connectivity index (χ1v) is 13.1. The number of ketones is 1. The van der Waals surface area contributed by atoms with Gasteiger partial charge in [-0.1, -0.05) is 0 Å². The molecule has 4 aromatic heterocycles. The molecule has 1 amide bonds. The molecule has 6 heterocycles. The molecule has 3 atom stereocenters. The van der Waals surface area contributed by atoms with Crippen molar-refractivity contribution >= 4 is 23.2 Å². The normalized spacial score (nSPS) is 20.4. The summed E-state index contributed by atoms with van der Waals surface area (Å²) in [6, 6.07) is 6.04. The number of carbonyl (C=O) groups is 2. The van der Waals surface area contributed by atoms with Gasteiger partial charge in [-0.2, -0.15) is 19.8 Å². The lowest BCUT2D eigenvalue weighted by atomic mass is 9.85. The topological polar surface area (TPSA) is 153 Å². The lowest BCUT2D eigenvalue weighted by Crippen LogP contribution is -2.46. The highest BCUT2D eigenvalue weighted by Crippen LogP contribution is 2.45. The number of aromatic nitrogens is 8. The van der Waals surface area contributed by atoms with Gasteiger partial charge in [-0.3, -0.25) is 14.7 Å². The monoisotopic (exact) mass is 540 g/mol. The number of hydrogen-bond acceptors (Lipinski definition) is 8. The maximum atomic E-state index is 13.4. The number of anilines is 1. The molecule has 1 aromatic carbocycles. The van der Waals surface area contributed by atoms with Crippen LogP contribution in [0.2, 0.25) is 0 Å². The molecule has 2 unspecified atom stereocenters. The molecule has 2 aliphatic rings. The van der Waals surface area contributed by atoms with Crippen LogP contribution in [-0.2, 0) is 0 Å². The molecule has 202 valence electrons. The summed E-state index contributed by atoms with van der Waals surface area (Å²) in [6.07, 6.45) is 9.54. The van der Waals surface area contributed by atoms with Crippen LogP contribution >= 0.6 is 0 Å². The van der Waals surface area contributed by atoms with E-state index in [0.29, 0.717) is 41.0 Å². The van der Waals surface area contributed by atoms with Crippen molar-refractivity contribution in [3.05, 3.63) is 72.1 Å². The number of nitrogen functional groups attached to an aromatic ring is 1. The standard InChI is InChI=1S/C27H25FN10O2/c1-14(39)22-23(15-8-19-6-7-20(9-15)37(19)27(40)25-30-13-31-35-25)34-26-21(11-33-38(26)24(22)29)16-10-32-36(12-16)18-4-2-17(28)3-5-18/h2-5,10-13,15,19-20H,6-9,29H2,1H3,(H,30,31,35)/t15?,19-,20?/m0/s1. The molecule has 3 N–H and O–H groups in total. The Morgan fingerprint density at radius 3 is 2.50 bits per heavy atom. The van der Waals surface area contributed by atoms with Gasteiger partial charge in [0.1, 0.15) is 18.0 Å². The fourth-order valence-corrected chi connectivity index (χ4v) is 6.25. The fourth-order valence-electron chi connectivity index (χ4n) is 6.25. The van der Waals surface area contributed by atoms with E-state index in [0.717, 1.165) is 18.4 Å². The molecule has 13 heteroatoms. The minimum absolute atomic E-state index is 0.00117. The van der Waals surface area contributed by atoms with E-state index >= 15 is 0 Å². The number of H-pyrrole nitrogens is 1. The maximum absolute atomic E-state index is 13.4. The number of nitrogens with zero attached hydrogens (tertiary/aromatic N) is 8. The van der Waals surface area contributed by atoms with Crippen molar-refractivity contribution in [2.75, 3.05) is 5.73 Å². The zero-order chi connectivity index (χ0) is 27.5. The van der Waals surface area contributed by atoms with Crippen molar-refractivity contribution in [2.24, 2.45) is 0 Å². The molecule has 7 rings (SSSR count). The lowest BCUT2D eigenvalue weighted by molar-refractivity contribution is 0.0556. The number of halogens is 1. The van der Waals surface area contributed by atoms with E-state index in [1.807, 2.05) is 11.1 Å². The Hall–Kier alpha value is -4.94. The summed E-state index contributed by atoms with van der Waals surface area (Å²) in [5.41, 5.74) is 10.2. The van der Waals surface area contributed by atoms with Crippen LogP contribution in [-0.4, -0.2) is 68.2 Å². The van der Waals surface area contributed by atoms with Gasteiger partial charge in [0.15, 0.2) is 11.4 Å². The Labute approximate surface area is 227 Å². The third kappa shape index (κ3) is 3.76. The molecule has 12 nitrogen and oxygen atoms in total. The van der Waals surface area contributed by atoms with Crippen molar-refractivity contribution in [1.29, 1.82) is 0 Å². The molecule has 40 heavy (non-hydrogen) atoms. The average molecular weight is 541 g/mol. The molecule has 0 spiro atoms. The van der Waals surface area contributed by atoms with Crippen molar-refractivity contribution in [2.45, 2.75) is 50.6 Å². The molecule has 0 aliphatic carbocycles. The summed E-state index contributed by atoms with van der Waals surface area (Å²) < 4.78 is 16.5. The molecule has 2 fully saturated rings. The second-order valence-electron chi connectivity index (χ2n) is 10.4. The zero-order valence-corrected chi connectivity index (χ0v) is 21.5. The predicted octanol–water partition coefficient (Wildman–Crippen LogP) is 3.17. The van der Waals surface area contributed by atoms with Crippen LogP contribution in [0.1, 0.15) is 65.2 Å². The van der Waals surface area contributed by atoms with Gasteiger partial charge in [0.25, 0.3) is 5.91 Å². The summed E-state index contributed by atoms with van der Waals surface area (Å²) in [6.45, 7) is 1.48. The van der Waals surface area contributed by atoms with Crippen LogP contribution in [0.4, 0.5) is 10.2 Å². The smallest absolute Gasteiger partial charge is 0.291 e. The highest BCUT2D eigenvalue weighted by atomic mass is 19.1. The van der Waals surface area contributed by atoms with Crippen LogP contribution in [0.25, 0.3) is 22.5 Å². The fraction of sp³-hybridized carbons (Fsp3) is 0.296. The number of hydrogen-bond donors (Lipinski definition) is 2. The highest BCUT2D eigenvalue weighted by molar-refractivity contribution is 6.00. The Kier molecular flexibility index (Phi) is 5.47. The first kappa shape index (κ1) is 24.1. The second-order valence-corrected chi connectivity index (χ2v) is 10.4. The van der Waals surface area contributed by atoms with Crippen LogP contribution < -0.4 is 5.73 Å². The van der Waals surface area contributed by atoms with Gasteiger partial charge in [0, 0.05) is 35.3 Å². The zero-order valence-electron chi connectivity index (χ0n) is 21.5. The van der Waals surface area contributed by atoms with Crippen LogP contribution in [0.3, 0.4) is 0 Å². The van der Waals surface area contributed by atoms with E-state index in [4.69, 9.17) is 10.7 Å². The minimum Gasteiger partial charge on any atom is -0.383 e. The van der Waals surface area contributed by atoms with Gasteiger partial charge < -0.3 is 10.6 Å². The molecular weight excluding hydrogens is 515 g/mol. The van der Waals surface area contributed by atoms with E-state index in [-0.39, 0.29) is 47.2 Å².